The van der Waals surface area contributed by atoms with Crippen molar-refractivity contribution >= 4 is 23.2 Å². The van der Waals surface area contributed by atoms with Crippen molar-refractivity contribution in [3.8, 4) is 0 Å². The van der Waals surface area contributed by atoms with Gasteiger partial charge in [-0.05, 0) is 24.6 Å². The molecule has 1 aromatic carbocycles. The molecule has 2 amide bonds. The molecule has 2 rings (SSSR count). The van der Waals surface area contributed by atoms with Gasteiger partial charge in [-0.25, -0.2) is 0 Å². The molecule has 1 aliphatic rings. The topological polar surface area (TPSA) is 49.4 Å². The smallest absolute Gasteiger partial charge is 0.229 e. The first-order valence-corrected chi connectivity index (χ1v) is 6.60. The predicted octanol–water partition coefficient (Wildman–Crippen LogP) is 2.80. The highest BCUT2D eigenvalue weighted by Gasteiger charge is 2.23. The standard InChI is InChI=1S/C15H20N2O2/c1-15(2,3)14(19)16-11-6-4-7-12(10-11)17-9-5-8-13(17)18/h4,6-7,10H,5,8-9H2,1-3H3,(H,16,19). The van der Waals surface area contributed by atoms with E-state index in [1.165, 1.54) is 0 Å². The number of hydrogen-bond acceptors (Lipinski definition) is 2. The second kappa shape index (κ2) is 5.03. The summed E-state index contributed by atoms with van der Waals surface area (Å²) in [4.78, 5) is 25.4. The normalized spacial score (nSPS) is 15.7. The maximum Gasteiger partial charge on any atom is 0.229 e. The summed E-state index contributed by atoms with van der Waals surface area (Å²) < 4.78 is 0. The Morgan fingerprint density at radius 3 is 2.63 bits per heavy atom. The van der Waals surface area contributed by atoms with Gasteiger partial charge in [0, 0.05) is 29.8 Å². The molecule has 0 atom stereocenters. The molecule has 19 heavy (non-hydrogen) atoms. The van der Waals surface area contributed by atoms with Crippen LogP contribution in [0.2, 0.25) is 0 Å². The fraction of sp³-hybridized carbons (Fsp3) is 0.467. The van der Waals surface area contributed by atoms with E-state index < -0.39 is 5.41 Å². The van der Waals surface area contributed by atoms with Crippen LogP contribution in [0.5, 0.6) is 0 Å². The van der Waals surface area contributed by atoms with Crippen LogP contribution in [-0.2, 0) is 9.59 Å². The molecule has 0 spiro atoms. The first kappa shape index (κ1) is 13.6. The van der Waals surface area contributed by atoms with Crippen LogP contribution in [0.25, 0.3) is 0 Å². The van der Waals surface area contributed by atoms with Crippen LogP contribution < -0.4 is 10.2 Å². The fourth-order valence-electron chi connectivity index (χ4n) is 1.99. The molecule has 0 aliphatic carbocycles. The lowest BCUT2D eigenvalue weighted by Gasteiger charge is -2.20. The van der Waals surface area contributed by atoms with E-state index in [0.717, 1.165) is 24.3 Å². The predicted molar refractivity (Wildman–Crippen MR) is 76.1 cm³/mol. The van der Waals surface area contributed by atoms with Crippen molar-refractivity contribution in [2.75, 3.05) is 16.8 Å². The number of carbonyl (C=O) groups is 2. The minimum Gasteiger partial charge on any atom is -0.326 e. The van der Waals surface area contributed by atoms with Gasteiger partial charge in [0.1, 0.15) is 0 Å². The fourth-order valence-corrected chi connectivity index (χ4v) is 1.99. The highest BCUT2D eigenvalue weighted by Crippen LogP contribution is 2.25. The molecule has 0 saturated carbocycles. The van der Waals surface area contributed by atoms with Crippen LogP contribution in [0.15, 0.2) is 24.3 Å². The first-order valence-electron chi connectivity index (χ1n) is 6.60. The van der Waals surface area contributed by atoms with Crippen LogP contribution in [0.4, 0.5) is 11.4 Å². The van der Waals surface area contributed by atoms with Gasteiger partial charge in [0.05, 0.1) is 0 Å². The van der Waals surface area contributed by atoms with Crippen LogP contribution >= 0.6 is 0 Å². The van der Waals surface area contributed by atoms with Crippen molar-refractivity contribution in [2.45, 2.75) is 33.6 Å². The van der Waals surface area contributed by atoms with Crippen molar-refractivity contribution < 1.29 is 9.59 Å². The molecule has 102 valence electrons. The number of benzene rings is 1. The third-order valence-corrected chi connectivity index (χ3v) is 3.17. The van der Waals surface area contributed by atoms with Crippen LogP contribution in [0.1, 0.15) is 33.6 Å². The zero-order chi connectivity index (χ0) is 14.0. The Morgan fingerprint density at radius 1 is 1.32 bits per heavy atom. The maximum absolute atomic E-state index is 11.9. The summed E-state index contributed by atoms with van der Waals surface area (Å²) in [5, 5.41) is 2.88. The highest BCUT2D eigenvalue weighted by atomic mass is 16.2. The van der Waals surface area contributed by atoms with E-state index in [-0.39, 0.29) is 11.8 Å². The van der Waals surface area contributed by atoms with Gasteiger partial charge in [-0.3, -0.25) is 9.59 Å². The van der Waals surface area contributed by atoms with Gasteiger partial charge in [-0.15, -0.1) is 0 Å². The van der Waals surface area contributed by atoms with E-state index in [0.29, 0.717) is 6.42 Å². The average molecular weight is 260 g/mol. The SMILES string of the molecule is CC(C)(C)C(=O)Nc1cccc(N2CCCC2=O)c1. The summed E-state index contributed by atoms with van der Waals surface area (Å²) in [6.45, 7) is 6.37. The van der Waals surface area contributed by atoms with Crippen LogP contribution in [-0.4, -0.2) is 18.4 Å². The number of nitrogens with one attached hydrogen (secondary N) is 1. The molecular formula is C15H20N2O2. The number of hydrogen-bond donors (Lipinski definition) is 1. The summed E-state index contributed by atoms with van der Waals surface area (Å²) in [5.41, 5.74) is 1.16. The Kier molecular flexibility index (Phi) is 3.60. The maximum atomic E-state index is 11.9. The van der Waals surface area contributed by atoms with Gasteiger partial charge in [-0.2, -0.15) is 0 Å². The minimum atomic E-state index is -0.431. The lowest BCUT2D eigenvalue weighted by molar-refractivity contribution is -0.123. The lowest BCUT2D eigenvalue weighted by Crippen LogP contribution is -2.28. The van der Waals surface area contributed by atoms with Crippen molar-refractivity contribution in [2.24, 2.45) is 5.41 Å². The molecular weight excluding hydrogens is 240 g/mol. The van der Waals surface area contributed by atoms with E-state index >= 15 is 0 Å². The molecule has 0 aromatic heterocycles. The molecule has 4 heteroatoms. The highest BCUT2D eigenvalue weighted by molar-refractivity contribution is 5.98. The van der Waals surface area contributed by atoms with Gasteiger partial charge in [0.2, 0.25) is 11.8 Å². The quantitative estimate of drug-likeness (QED) is 0.889. The number of amides is 2. The Morgan fingerprint density at radius 2 is 2.05 bits per heavy atom. The molecule has 1 heterocycles. The lowest BCUT2D eigenvalue weighted by atomic mass is 9.95. The monoisotopic (exact) mass is 260 g/mol. The van der Waals surface area contributed by atoms with Crippen molar-refractivity contribution in [3.05, 3.63) is 24.3 Å². The summed E-state index contributed by atoms with van der Waals surface area (Å²) >= 11 is 0. The summed E-state index contributed by atoms with van der Waals surface area (Å²) in [5.74, 6) is 0.122. The van der Waals surface area contributed by atoms with Gasteiger partial charge in [0.25, 0.3) is 0 Å². The van der Waals surface area contributed by atoms with E-state index in [4.69, 9.17) is 0 Å². The van der Waals surface area contributed by atoms with Crippen molar-refractivity contribution in [1.82, 2.24) is 0 Å². The zero-order valence-corrected chi connectivity index (χ0v) is 11.7. The second-order valence-corrected chi connectivity index (χ2v) is 5.90. The molecule has 4 nitrogen and oxygen atoms in total. The number of carbonyl (C=O) groups excluding carboxylic acids is 2. The first-order chi connectivity index (χ1) is 8.88. The Hall–Kier alpha value is -1.84. The van der Waals surface area contributed by atoms with Gasteiger partial charge in [-0.1, -0.05) is 26.8 Å². The largest absolute Gasteiger partial charge is 0.326 e. The Balaban J connectivity index is 2.16. The molecule has 1 aromatic rings. The molecule has 0 bridgehead atoms. The van der Waals surface area contributed by atoms with Gasteiger partial charge >= 0.3 is 0 Å². The van der Waals surface area contributed by atoms with Crippen LogP contribution in [0.3, 0.4) is 0 Å². The van der Waals surface area contributed by atoms with Crippen LogP contribution in [0, 0.1) is 5.41 Å². The third-order valence-electron chi connectivity index (χ3n) is 3.17. The molecule has 1 N–H and O–H groups in total. The number of anilines is 2. The van der Waals surface area contributed by atoms with Crippen molar-refractivity contribution in [1.29, 1.82) is 0 Å². The van der Waals surface area contributed by atoms with E-state index in [2.05, 4.69) is 5.32 Å². The molecule has 1 fully saturated rings. The second-order valence-electron chi connectivity index (χ2n) is 5.90. The van der Waals surface area contributed by atoms with E-state index in [9.17, 15) is 9.59 Å². The van der Waals surface area contributed by atoms with E-state index in [1.54, 1.807) is 4.90 Å². The Bertz CT molecular complexity index is 503. The summed E-state index contributed by atoms with van der Waals surface area (Å²) in [6.07, 6.45) is 1.51. The van der Waals surface area contributed by atoms with Gasteiger partial charge in [0.15, 0.2) is 0 Å². The molecule has 1 aliphatic heterocycles. The Labute approximate surface area is 113 Å². The third kappa shape index (κ3) is 3.13. The zero-order valence-electron chi connectivity index (χ0n) is 11.7. The molecule has 0 radical (unpaired) electrons. The average Bonchev–Trinajstić information content (AvgIpc) is 2.74. The minimum absolute atomic E-state index is 0.0302. The van der Waals surface area contributed by atoms with Crippen molar-refractivity contribution in [3.63, 3.8) is 0 Å². The number of nitrogens with zero attached hydrogens (tertiary/aromatic N) is 1. The number of rotatable bonds is 2. The molecule has 1 saturated heterocycles. The molecule has 0 unspecified atom stereocenters. The summed E-state index contributed by atoms with van der Waals surface area (Å²) in [7, 11) is 0. The van der Waals surface area contributed by atoms with Gasteiger partial charge < -0.3 is 10.2 Å². The van der Waals surface area contributed by atoms with E-state index in [1.807, 2.05) is 45.0 Å². The summed E-state index contributed by atoms with van der Waals surface area (Å²) in [6, 6.07) is 7.45.